The minimum atomic E-state index is 0.125. The van der Waals surface area contributed by atoms with Crippen molar-refractivity contribution in [3.63, 3.8) is 0 Å². The normalized spacial score (nSPS) is 28.6. The number of nitrogens with two attached hydrogens (primary N) is 1. The van der Waals surface area contributed by atoms with Gasteiger partial charge in [0.1, 0.15) is 0 Å². The van der Waals surface area contributed by atoms with Crippen molar-refractivity contribution >= 4 is 5.91 Å². The smallest absolute Gasteiger partial charge is 0.224 e. The summed E-state index contributed by atoms with van der Waals surface area (Å²) in [5, 5.41) is 3.14. The zero-order valence-electron chi connectivity index (χ0n) is 10.8. The Morgan fingerprint density at radius 2 is 1.81 bits per heavy atom. The maximum atomic E-state index is 12.2. The molecule has 3 nitrogen and oxygen atoms in total. The molecular weight excluding hydrogens is 200 g/mol. The molecule has 2 saturated carbocycles. The zero-order valence-corrected chi connectivity index (χ0v) is 10.8. The first-order valence-corrected chi connectivity index (χ1v) is 6.33. The fourth-order valence-corrected chi connectivity index (χ4v) is 2.99. The molecule has 0 aromatic carbocycles. The molecule has 16 heavy (non-hydrogen) atoms. The fourth-order valence-electron chi connectivity index (χ4n) is 2.99. The van der Waals surface area contributed by atoms with E-state index in [1.54, 1.807) is 0 Å². The Hall–Kier alpha value is -0.570. The lowest BCUT2D eigenvalue weighted by molar-refractivity contribution is -0.124. The summed E-state index contributed by atoms with van der Waals surface area (Å²) in [6, 6.07) is 0.208. The minimum absolute atomic E-state index is 0.125. The van der Waals surface area contributed by atoms with Crippen molar-refractivity contribution in [1.29, 1.82) is 0 Å². The van der Waals surface area contributed by atoms with Crippen molar-refractivity contribution in [3.8, 4) is 0 Å². The first-order chi connectivity index (χ1) is 7.32. The zero-order chi connectivity index (χ0) is 12.1. The molecule has 2 aliphatic carbocycles. The summed E-state index contributed by atoms with van der Waals surface area (Å²) in [7, 11) is 0. The van der Waals surface area contributed by atoms with Crippen molar-refractivity contribution in [2.45, 2.75) is 46.6 Å². The van der Waals surface area contributed by atoms with Crippen LogP contribution in [0.3, 0.4) is 0 Å². The van der Waals surface area contributed by atoms with Crippen molar-refractivity contribution in [3.05, 3.63) is 0 Å². The Labute approximate surface area is 98.2 Å². The van der Waals surface area contributed by atoms with Crippen LogP contribution in [0.1, 0.15) is 40.5 Å². The molecule has 0 bridgehead atoms. The number of amides is 1. The van der Waals surface area contributed by atoms with Gasteiger partial charge in [-0.15, -0.1) is 0 Å². The first kappa shape index (κ1) is 11.9. The van der Waals surface area contributed by atoms with Gasteiger partial charge in [-0.05, 0) is 29.6 Å². The Morgan fingerprint density at radius 3 is 2.12 bits per heavy atom. The lowest BCUT2D eigenvalue weighted by Crippen LogP contribution is -2.43. The minimum Gasteiger partial charge on any atom is -0.352 e. The van der Waals surface area contributed by atoms with Crippen LogP contribution >= 0.6 is 0 Å². The van der Waals surface area contributed by atoms with Crippen LogP contribution in [0.5, 0.6) is 0 Å². The molecule has 2 fully saturated rings. The van der Waals surface area contributed by atoms with Crippen molar-refractivity contribution in [1.82, 2.24) is 5.32 Å². The molecule has 0 aromatic rings. The molecular formula is C13H24N2O. The van der Waals surface area contributed by atoms with Gasteiger partial charge in [-0.25, -0.2) is 0 Å². The molecule has 92 valence electrons. The molecule has 2 aliphatic rings. The Morgan fingerprint density at radius 1 is 1.31 bits per heavy atom. The van der Waals surface area contributed by atoms with E-state index in [-0.39, 0.29) is 28.7 Å². The largest absolute Gasteiger partial charge is 0.352 e. The molecule has 1 atom stereocenters. The highest BCUT2D eigenvalue weighted by molar-refractivity contribution is 5.84. The van der Waals surface area contributed by atoms with Gasteiger partial charge in [0.2, 0.25) is 5.91 Å². The SMILES string of the molecule is CC1(C)C(C(=O)NC(CN)C2CC2)C1(C)C. The second-order valence-electron chi connectivity index (χ2n) is 6.56. The third kappa shape index (κ3) is 1.65. The Balaban J connectivity index is 1.94. The highest BCUT2D eigenvalue weighted by Gasteiger charge is 2.68. The van der Waals surface area contributed by atoms with Crippen LogP contribution in [0, 0.1) is 22.7 Å². The average molecular weight is 224 g/mol. The van der Waals surface area contributed by atoms with Gasteiger partial charge in [-0.1, -0.05) is 27.7 Å². The quantitative estimate of drug-likeness (QED) is 0.760. The van der Waals surface area contributed by atoms with Crippen molar-refractivity contribution < 1.29 is 4.79 Å². The molecule has 0 aliphatic heterocycles. The molecule has 1 amide bonds. The van der Waals surface area contributed by atoms with Crippen LogP contribution in [-0.2, 0) is 4.79 Å². The molecule has 0 spiro atoms. The number of nitrogens with one attached hydrogen (secondary N) is 1. The maximum Gasteiger partial charge on any atom is 0.224 e. The molecule has 0 saturated heterocycles. The second kappa shape index (κ2) is 3.46. The highest BCUT2D eigenvalue weighted by Crippen LogP contribution is 2.68. The first-order valence-electron chi connectivity index (χ1n) is 6.33. The lowest BCUT2D eigenvalue weighted by atomic mass is 10.0. The second-order valence-corrected chi connectivity index (χ2v) is 6.56. The summed E-state index contributed by atoms with van der Waals surface area (Å²) in [5.41, 5.74) is 5.95. The van der Waals surface area contributed by atoms with Gasteiger partial charge in [0.15, 0.2) is 0 Å². The van der Waals surface area contributed by atoms with Gasteiger partial charge in [-0.2, -0.15) is 0 Å². The number of carbonyl (C=O) groups is 1. The van der Waals surface area contributed by atoms with Gasteiger partial charge < -0.3 is 11.1 Å². The van der Waals surface area contributed by atoms with E-state index in [1.807, 2.05) is 0 Å². The van der Waals surface area contributed by atoms with Crippen molar-refractivity contribution in [2.24, 2.45) is 28.4 Å². The highest BCUT2D eigenvalue weighted by atomic mass is 16.2. The van der Waals surface area contributed by atoms with Crippen molar-refractivity contribution in [2.75, 3.05) is 6.54 Å². The summed E-state index contributed by atoms with van der Waals surface area (Å²) in [4.78, 5) is 12.2. The molecule has 0 radical (unpaired) electrons. The van der Waals surface area contributed by atoms with Gasteiger partial charge in [0.05, 0.1) is 0 Å². The van der Waals surface area contributed by atoms with Crippen LogP contribution in [-0.4, -0.2) is 18.5 Å². The van der Waals surface area contributed by atoms with E-state index in [0.717, 1.165) is 0 Å². The monoisotopic (exact) mass is 224 g/mol. The molecule has 0 aromatic heterocycles. The summed E-state index contributed by atoms with van der Waals surface area (Å²) in [5.74, 6) is 0.990. The number of rotatable bonds is 4. The van der Waals surface area contributed by atoms with Gasteiger partial charge in [-0.3, -0.25) is 4.79 Å². The summed E-state index contributed by atoms with van der Waals surface area (Å²) < 4.78 is 0. The predicted molar refractivity (Wildman–Crippen MR) is 64.8 cm³/mol. The van der Waals surface area contributed by atoms with Gasteiger partial charge in [0.25, 0.3) is 0 Å². The van der Waals surface area contributed by atoms with Gasteiger partial charge in [0, 0.05) is 18.5 Å². The molecule has 2 rings (SSSR count). The topological polar surface area (TPSA) is 55.1 Å². The Bertz CT molecular complexity index is 291. The third-order valence-corrected chi connectivity index (χ3v) is 5.06. The number of hydrogen-bond acceptors (Lipinski definition) is 2. The average Bonchev–Trinajstić information content (AvgIpc) is 3.01. The van der Waals surface area contributed by atoms with E-state index in [0.29, 0.717) is 12.5 Å². The lowest BCUT2D eigenvalue weighted by Gasteiger charge is -2.16. The molecule has 1 unspecified atom stereocenters. The molecule has 0 heterocycles. The van der Waals surface area contributed by atoms with Crippen LogP contribution < -0.4 is 11.1 Å². The maximum absolute atomic E-state index is 12.2. The van der Waals surface area contributed by atoms with E-state index < -0.39 is 0 Å². The van der Waals surface area contributed by atoms with Crippen LogP contribution in [0.2, 0.25) is 0 Å². The summed E-state index contributed by atoms with van der Waals surface area (Å²) >= 11 is 0. The summed E-state index contributed by atoms with van der Waals surface area (Å²) in [6.45, 7) is 9.26. The van der Waals surface area contributed by atoms with E-state index in [1.165, 1.54) is 12.8 Å². The van der Waals surface area contributed by atoms with E-state index >= 15 is 0 Å². The standard InChI is InChI=1S/C13H24N2O/c1-12(2)10(13(12,3)4)11(16)15-9(7-14)8-5-6-8/h8-10H,5-7,14H2,1-4H3,(H,15,16). The fraction of sp³-hybridized carbons (Fsp3) is 0.923. The van der Waals surface area contributed by atoms with Crippen LogP contribution in [0.15, 0.2) is 0 Å². The van der Waals surface area contributed by atoms with Crippen LogP contribution in [0.4, 0.5) is 0 Å². The van der Waals surface area contributed by atoms with Gasteiger partial charge >= 0.3 is 0 Å². The predicted octanol–water partition coefficient (Wildman–Crippen LogP) is 1.52. The van der Waals surface area contributed by atoms with E-state index in [2.05, 4.69) is 33.0 Å². The number of carbonyl (C=O) groups excluding carboxylic acids is 1. The molecule has 3 heteroatoms. The molecule has 3 N–H and O–H groups in total. The summed E-state index contributed by atoms with van der Waals surface area (Å²) in [6.07, 6.45) is 2.44. The van der Waals surface area contributed by atoms with E-state index in [9.17, 15) is 4.79 Å². The van der Waals surface area contributed by atoms with E-state index in [4.69, 9.17) is 5.73 Å². The van der Waals surface area contributed by atoms with Crippen LogP contribution in [0.25, 0.3) is 0 Å². The number of hydrogen-bond donors (Lipinski definition) is 2. The Kier molecular flexibility index (Phi) is 2.57. The third-order valence-electron chi connectivity index (χ3n) is 5.06.